The average molecular weight is 191 g/mol. The Morgan fingerprint density at radius 2 is 0.818 bits per heavy atom. The Morgan fingerprint density at radius 1 is 0.636 bits per heavy atom. The first-order chi connectivity index (χ1) is 4.46. The quantitative estimate of drug-likeness (QED) is 0.595. The molecule has 0 N–H and O–H groups in total. The summed E-state index contributed by atoms with van der Waals surface area (Å²) in [6.07, 6.45) is 0. The van der Waals surface area contributed by atoms with Crippen LogP contribution in [0.2, 0.25) is 16.6 Å². The smallest absolute Gasteiger partial charge is 0.0561 e. The highest BCUT2D eigenvalue weighted by atomic mass is 32.1. The van der Waals surface area contributed by atoms with Gasteiger partial charge in [-0.25, -0.2) is 0 Å². The molecule has 0 saturated carbocycles. The van der Waals surface area contributed by atoms with Gasteiger partial charge in [0.1, 0.15) is 0 Å². The van der Waals surface area contributed by atoms with Crippen molar-refractivity contribution in [3.8, 4) is 0 Å². The molecule has 0 nitrogen and oxygen atoms in total. The van der Waals surface area contributed by atoms with Crippen LogP contribution in [0.25, 0.3) is 0 Å². The average Bonchev–Trinajstić information content (AvgIpc) is 1.59. The molecular formula is C9H23SSi. The molecule has 0 aromatic carbocycles. The van der Waals surface area contributed by atoms with Gasteiger partial charge < -0.3 is 0 Å². The fourth-order valence-corrected chi connectivity index (χ4v) is 6.00. The standard InChI is InChI=1S/C9H21Si.H2S/c1-7(2)10(8(3)4)9(5)6;/h7-9H,1-6H3;1H2. The van der Waals surface area contributed by atoms with Gasteiger partial charge in [-0.2, -0.15) is 13.5 Å². The lowest BCUT2D eigenvalue weighted by Gasteiger charge is -2.26. The van der Waals surface area contributed by atoms with Gasteiger partial charge in [0.15, 0.2) is 0 Å². The normalized spacial score (nSPS) is 11.5. The van der Waals surface area contributed by atoms with Crippen LogP contribution in [0.5, 0.6) is 0 Å². The van der Waals surface area contributed by atoms with E-state index in [1.165, 1.54) is 0 Å². The Labute approximate surface area is 80.8 Å². The second-order valence-corrected chi connectivity index (χ2v) is 8.43. The maximum Gasteiger partial charge on any atom is 0.0561 e. The maximum atomic E-state index is 2.37. The van der Waals surface area contributed by atoms with Gasteiger partial charge in [-0.3, -0.25) is 0 Å². The molecule has 0 fully saturated rings. The third kappa shape index (κ3) is 4.91. The Kier molecular flexibility index (Phi) is 7.86. The van der Waals surface area contributed by atoms with Gasteiger partial charge in [0, 0.05) is 0 Å². The van der Waals surface area contributed by atoms with Crippen LogP contribution in [0.4, 0.5) is 0 Å². The lowest BCUT2D eigenvalue weighted by Crippen LogP contribution is -2.24. The molecular weight excluding hydrogens is 168 g/mol. The zero-order valence-corrected chi connectivity index (χ0v) is 10.7. The first-order valence-electron chi connectivity index (χ1n) is 4.33. The topological polar surface area (TPSA) is 0 Å². The fraction of sp³-hybridized carbons (Fsp3) is 1.00. The third-order valence-corrected chi connectivity index (χ3v) is 6.00. The lowest BCUT2D eigenvalue weighted by atomic mass is 10.5. The van der Waals surface area contributed by atoms with Gasteiger partial charge >= 0.3 is 0 Å². The van der Waals surface area contributed by atoms with E-state index in [-0.39, 0.29) is 22.3 Å². The molecule has 69 valence electrons. The summed E-state index contributed by atoms with van der Waals surface area (Å²) in [5.41, 5.74) is 2.81. The zero-order valence-electron chi connectivity index (χ0n) is 8.73. The van der Waals surface area contributed by atoms with Crippen molar-refractivity contribution in [2.24, 2.45) is 0 Å². The minimum Gasteiger partial charge on any atom is -0.197 e. The Hall–Kier alpha value is 0.567. The van der Waals surface area contributed by atoms with Gasteiger partial charge in [-0.1, -0.05) is 58.2 Å². The maximum absolute atomic E-state index is 2.37. The molecule has 0 rings (SSSR count). The molecule has 0 aliphatic heterocycles. The van der Waals surface area contributed by atoms with Crippen LogP contribution < -0.4 is 0 Å². The van der Waals surface area contributed by atoms with Crippen molar-refractivity contribution in [1.29, 1.82) is 0 Å². The predicted octanol–water partition coefficient (Wildman–Crippen LogP) is 3.82. The van der Waals surface area contributed by atoms with Gasteiger partial charge in [0.05, 0.1) is 8.80 Å². The fourth-order valence-electron chi connectivity index (χ4n) is 2.00. The monoisotopic (exact) mass is 191 g/mol. The molecule has 0 atom stereocenters. The highest BCUT2D eigenvalue weighted by Crippen LogP contribution is 2.28. The molecule has 0 amide bonds. The first-order valence-corrected chi connectivity index (χ1v) is 6.06. The van der Waals surface area contributed by atoms with E-state index in [0.717, 1.165) is 16.6 Å². The molecule has 0 spiro atoms. The van der Waals surface area contributed by atoms with E-state index >= 15 is 0 Å². The molecule has 0 aromatic heterocycles. The molecule has 1 radical (unpaired) electrons. The van der Waals surface area contributed by atoms with Gasteiger partial charge in [0.2, 0.25) is 0 Å². The van der Waals surface area contributed by atoms with Gasteiger partial charge in [-0.15, -0.1) is 0 Å². The predicted molar refractivity (Wildman–Crippen MR) is 61.4 cm³/mol. The Balaban J connectivity index is 0. The SMILES string of the molecule is CC(C)[Si](C(C)C)C(C)C.S. The second-order valence-electron chi connectivity index (χ2n) is 3.96. The van der Waals surface area contributed by atoms with Gasteiger partial charge in [-0.05, 0) is 0 Å². The zero-order chi connectivity index (χ0) is 8.31. The van der Waals surface area contributed by atoms with Crippen LogP contribution >= 0.6 is 13.5 Å². The van der Waals surface area contributed by atoms with Crippen molar-refractivity contribution in [1.82, 2.24) is 0 Å². The van der Waals surface area contributed by atoms with Crippen molar-refractivity contribution in [3.63, 3.8) is 0 Å². The van der Waals surface area contributed by atoms with Crippen LogP contribution in [0.3, 0.4) is 0 Å². The molecule has 0 aliphatic rings. The van der Waals surface area contributed by atoms with Crippen molar-refractivity contribution >= 4 is 22.3 Å². The first kappa shape index (κ1) is 14.1. The largest absolute Gasteiger partial charge is 0.197 e. The summed E-state index contributed by atoms with van der Waals surface area (Å²) in [6.45, 7) is 14.2. The summed E-state index contributed by atoms with van der Waals surface area (Å²) in [6, 6.07) is 0. The summed E-state index contributed by atoms with van der Waals surface area (Å²) in [7, 11) is -0.0957. The van der Waals surface area contributed by atoms with Crippen LogP contribution in [0, 0.1) is 0 Å². The van der Waals surface area contributed by atoms with E-state index < -0.39 is 0 Å². The summed E-state index contributed by atoms with van der Waals surface area (Å²) in [5.74, 6) is 0. The Bertz CT molecular complexity index is 70.5. The molecule has 0 bridgehead atoms. The molecule has 2 heteroatoms. The molecule has 0 aromatic rings. The molecule has 0 unspecified atom stereocenters. The van der Waals surface area contributed by atoms with Crippen molar-refractivity contribution in [3.05, 3.63) is 0 Å². The van der Waals surface area contributed by atoms with E-state index in [1.807, 2.05) is 0 Å². The van der Waals surface area contributed by atoms with E-state index in [4.69, 9.17) is 0 Å². The highest BCUT2D eigenvalue weighted by molar-refractivity contribution is 7.59. The minimum atomic E-state index is -0.0957. The number of rotatable bonds is 3. The van der Waals surface area contributed by atoms with E-state index in [0.29, 0.717) is 0 Å². The van der Waals surface area contributed by atoms with Crippen LogP contribution in [-0.2, 0) is 0 Å². The van der Waals surface area contributed by atoms with Crippen molar-refractivity contribution < 1.29 is 0 Å². The van der Waals surface area contributed by atoms with Crippen LogP contribution in [0.1, 0.15) is 41.5 Å². The third-order valence-electron chi connectivity index (χ3n) is 2.00. The summed E-state index contributed by atoms with van der Waals surface area (Å²) in [5, 5.41) is 0. The molecule has 0 heterocycles. The molecule has 0 aliphatic carbocycles. The summed E-state index contributed by atoms with van der Waals surface area (Å²) >= 11 is 0. The number of hydrogen-bond acceptors (Lipinski definition) is 0. The van der Waals surface area contributed by atoms with E-state index in [2.05, 4.69) is 41.5 Å². The summed E-state index contributed by atoms with van der Waals surface area (Å²) < 4.78 is 0. The van der Waals surface area contributed by atoms with Crippen molar-refractivity contribution in [2.75, 3.05) is 0 Å². The lowest BCUT2D eigenvalue weighted by molar-refractivity contribution is 0.863. The second kappa shape index (κ2) is 6.12. The Morgan fingerprint density at radius 3 is 0.818 bits per heavy atom. The number of hydrogen-bond donors (Lipinski definition) is 0. The van der Waals surface area contributed by atoms with Gasteiger partial charge in [0.25, 0.3) is 0 Å². The molecule has 0 saturated heterocycles. The van der Waals surface area contributed by atoms with Crippen LogP contribution in [0.15, 0.2) is 0 Å². The summed E-state index contributed by atoms with van der Waals surface area (Å²) in [4.78, 5) is 0. The minimum absolute atomic E-state index is 0. The highest BCUT2D eigenvalue weighted by Gasteiger charge is 2.22. The van der Waals surface area contributed by atoms with E-state index in [9.17, 15) is 0 Å². The van der Waals surface area contributed by atoms with Crippen molar-refractivity contribution in [2.45, 2.75) is 58.2 Å². The molecule has 11 heavy (non-hydrogen) atoms. The van der Waals surface area contributed by atoms with E-state index in [1.54, 1.807) is 0 Å². The van der Waals surface area contributed by atoms with Crippen LogP contribution in [-0.4, -0.2) is 8.80 Å².